The fraction of sp³-hybridized carbons (Fsp3) is 0.208. The minimum Gasteiger partial charge on any atom is -0.496 e. The first-order valence-electron chi connectivity index (χ1n) is 9.71. The van der Waals surface area contributed by atoms with Crippen LogP contribution in [0.5, 0.6) is 11.5 Å². The average Bonchev–Trinajstić information content (AvgIpc) is 3.20. The number of nitrogens with zero attached hydrogens (tertiary/aromatic N) is 1. The van der Waals surface area contributed by atoms with Gasteiger partial charge in [0.15, 0.2) is 17.2 Å². The number of halogens is 2. The van der Waals surface area contributed by atoms with Crippen LogP contribution in [0, 0.1) is 11.6 Å². The van der Waals surface area contributed by atoms with Crippen LogP contribution in [0.1, 0.15) is 11.3 Å². The molecule has 31 heavy (non-hydrogen) atoms. The summed E-state index contributed by atoms with van der Waals surface area (Å²) in [5, 5.41) is 5.04. The summed E-state index contributed by atoms with van der Waals surface area (Å²) in [5.74, 6) is -0.963. The summed E-state index contributed by atoms with van der Waals surface area (Å²) in [6.07, 6.45) is 0.669. The Balaban J connectivity index is 1.48. The second kappa shape index (κ2) is 9.14. The number of hydrogen-bond acceptors (Lipinski definition) is 5. The van der Waals surface area contributed by atoms with Gasteiger partial charge in [0.1, 0.15) is 18.1 Å². The number of aromatic nitrogens is 1. The SMILES string of the molecule is COCCc1noc2ccc(COc3ccc(-c4cc(F)c(F)cc4OC)cc3)cc12. The minimum atomic E-state index is -0.948. The van der Waals surface area contributed by atoms with E-state index in [1.165, 1.54) is 7.11 Å². The van der Waals surface area contributed by atoms with E-state index in [0.29, 0.717) is 36.5 Å². The third-order valence-electron chi connectivity index (χ3n) is 4.97. The maximum atomic E-state index is 13.7. The molecular weight excluding hydrogens is 404 g/mol. The molecule has 4 aromatic rings. The second-order valence-corrected chi connectivity index (χ2v) is 6.98. The summed E-state index contributed by atoms with van der Waals surface area (Å²) in [4.78, 5) is 0. The lowest BCUT2D eigenvalue weighted by molar-refractivity contribution is 0.200. The molecule has 1 heterocycles. The molecule has 0 aliphatic carbocycles. The average molecular weight is 425 g/mol. The van der Waals surface area contributed by atoms with Gasteiger partial charge in [0.05, 0.1) is 19.4 Å². The highest BCUT2D eigenvalue weighted by Gasteiger charge is 2.13. The first-order chi connectivity index (χ1) is 15.1. The number of ether oxygens (including phenoxy) is 3. The van der Waals surface area contributed by atoms with Gasteiger partial charge in [-0.3, -0.25) is 0 Å². The predicted molar refractivity (Wildman–Crippen MR) is 112 cm³/mol. The van der Waals surface area contributed by atoms with E-state index >= 15 is 0 Å². The van der Waals surface area contributed by atoms with Crippen LogP contribution in [0.25, 0.3) is 22.1 Å². The van der Waals surface area contributed by atoms with Crippen molar-refractivity contribution < 1.29 is 27.5 Å². The van der Waals surface area contributed by atoms with Gasteiger partial charge in [0.25, 0.3) is 0 Å². The quantitative estimate of drug-likeness (QED) is 0.371. The first kappa shape index (κ1) is 20.8. The standard InChI is InChI=1S/C24H21F2NO4/c1-28-10-9-22-19-11-15(3-8-23(19)31-27-22)14-30-17-6-4-16(5-7-17)18-12-20(25)21(26)13-24(18)29-2/h3-8,11-13H,9-10,14H2,1-2H3. The fourth-order valence-electron chi connectivity index (χ4n) is 3.32. The van der Waals surface area contributed by atoms with E-state index in [2.05, 4.69) is 5.16 Å². The third-order valence-corrected chi connectivity index (χ3v) is 4.97. The molecule has 0 saturated carbocycles. The summed E-state index contributed by atoms with van der Waals surface area (Å²) in [7, 11) is 3.07. The molecule has 0 amide bonds. The van der Waals surface area contributed by atoms with Crippen molar-refractivity contribution in [2.75, 3.05) is 20.8 Å². The highest BCUT2D eigenvalue weighted by Crippen LogP contribution is 2.33. The van der Waals surface area contributed by atoms with Crippen LogP contribution < -0.4 is 9.47 Å². The summed E-state index contributed by atoms with van der Waals surface area (Å²) in [6.45, 7) is 0.927. The van der Waals surface area contributed by atoms with E-state index in [9.17, 15) is 8.78 Å². The zero-order valence-corrected chi connectivity index (χ0v) is 17.2. The molecule has 160 valence electrons. The van der Waals surface area contributed by atoms with Crippen molar-refractivity contribution in [2.24, 2.45) is 0 Å². The second-order valence-electron chi connectivity index (χ2n) is 6.98. The molecule has 0 aliphatic heterocycles. The van der Waals surface area contributed by atoms with Gasteiger partial charge in [-0.05, 0) is 41.5 Å². The Hall–Kier alpha value is -3.45. The summed E-state index contributed by atoms with van der Waals surface area (Å²) < 4.78 is 48.7. The molecule has 0 atom stereocenters. The van der Waals surface area contributed by atoms with Gasteiger partial charge in [-0.2, -0.15) is 0 Å². The van der Waals surface area contributed by atoms with Crippen LogP contribution in [0.3, 0.4) is 0 Å². The van der Waals surface area contributed by atoms with Crippen LogP contribution in [-0.4, -0.2) is 26.0 Å². The van der Waals surface area contributed by atoms with Crippen molar-refractivity contribution in [1.29, 1.82) is 0 Å². The van der Waals surface area contributed by atoms with Crippen LogP contribution >= 0.6 is 0 Å². The van der Waals surface area contributed by atoms with E-state index in [4.69, 9.17) is 18.7 Å². The Bertz CT molecular complexity index is 1190. The van der Waals surface area contributed by atoms with Gasteiger partial charge < -0.3 is 18.7 Å². The highest BCUT2D eigenvalue weighted by molar-refractivity contribution is 5.80. The van der Waals surface area contributed by atoms with Gasteiger partial charge in [0, 0.05) is 30.5 Å². The zero-order chi connectivity index (χ0) is 21.8. The summed E-state index contributed by atoms with van der Waals surface area (Å²) in [6, 6.07) is 15.1. The Morgan fingerprint density at radius 3 is 2.45 bits per heavy atom. The normalized spacial score (nSPS) is 11.1. The van der Waals surface area contributed by atoms with Gasteiger partial charge in [-0.15, -0.1) is 0 Å². The van der Waals surface area contributed by atoms with Crippen molar-refractivity contribution in [1.82, 2.24) is 5.16 Å². The van der Waals surface area contributed by atoms with E-state index in [1.54, 1.807) is 31.4 Å². The fourth-order valence-corrected chi connectivity index (χ4v) is 3.32. The number of hydrogen-bond donors (Lipinski definition) is 0. The summed E-state index contributed by atoms with van der Waals surface area (Å²) in [5.41, 5.74) is 3.70. The van der Waals surface area contributed by atoms with Gasteiger partial charge in [0.2, 0.25) is 0 Å². The van der Waals surface area contributed by atoms with Crippen LogP contribution in [0.2, 0.25) is 0 Å². The largest absolute Gasteiger partial charge is 0.496 e. The zero-order valence-electron chi connectivity index (χ0n) is 17.2. The first-order valence-corrected chi connectivity index (χ1v) is 9.71. The van der Waals surface area contributed by atoms with Crippen molar-refractivity contribution in [3.63, 3.8) is 0 Å². The van der Waals surface area contributed by atoms with Crippen LogP contribution in [0.4, 0.5) is 8.78 Å². The summed E-state index contributed by atoms with van der Waals surface area (Å²) >= 11 is 0. The molecule has 3 aromatic carbocycles. The molecule has 4 rings (SSSR count). The number of rotatable bonds is 8. The van der Waals surface area contributed by atoms with Crippen LogP contribution in [-0.2, 0) is 17.8 Å². The molecule has 0 aliphatic rings. The lowest BCUT2D eigenvalue weighted by Gasteiger charge is -2.11. The maximum absolute atomic E-state index is 13.7. The van der Waals surface area contributed by atoms with Crippen molar-refractivity contribution in [3.8, 4) is 22.6 Å². The topological polar surface area (TPSA) is 53.7 Å². The molecule has 0 bridgehead atoms. The molecule has 0 N–H and O–H groups in total. The number of benzene rings is 3. The number of fused-ring (bicyclic) bond motifs is 1. The number of methoxy groups -OCH3 is 2. The van der Waals surface area contributed by atoms with Gasteiger partial charge in [-0.1, -0.05) is 23.4 Å². The van der Waals surface area contributed by atoms with Crippen molar-refractivity contribution >= 4 is 11.0 Å². The van der Waals surface area contributed by atoms with Crippen molar-refractivity contribution in [2.45, 2.75) is 13.0 Å². The predicted octanol–water partition coefficient (Wildman–Crippen LogP) is 5.55. The Kier molecular flexibility index (Phi) is 6.13. The molecular formula is C24H21F2NO4. The maximum Gasteiger partial charge on any atom is 0.167 e. The minimum absolute atomic E-state index is 0.263. The Labute approximate surface area is 178 Å². The molecule has 0 radical (unpaired) electrons. The van der Waals surface area contributed by atoms with Crippen molar-refractivity contribution in [3.05, 3.63) is 77.5 Å². The van der Waals surface area contributed by atoms with E-state index in [0.717, 1.165) is 34.4 Å². The van der Waals surface area contributed by atoms with E-state index in [1.807, 2.05) is 18.2 Å². The lowest BCUT2D eigenvalue weighted by atomic mass is 10.0. The van der Waals surface area contributed by atoms with Gasteiger partial charge in [-0.25, -0.2) is 8.78 Å². The lowest BCUT2D eigenvalue weighted by Crippen LogP contribution is -1.97. The Morgan fingerprint density at radius 2 is 1.71 bits per heavy atom. The van der Waals surface area contributed by atoms with E-state index in [-0.39, 0.29) is 5.75 Å². The molecule has 0 saturated heterocycles. The third kappa shape index (κ3) is 4.51. The monoisotopic (exact) mass is 425 g/mol. The smallest absolute Gasteiger partial charge is 0.167 e. The highest BCUT2D eigenvalue weighted by atomic mass is 19.2. The van der Waals surface area contributed by atoms with Crippen LogP contribution in [0.15, 0.2) is 59.1 Å². The molecule has 5 nitrogen and oxygen atoms in total. The molecule has 1 aromatic heterocycles. The molecule has 0 fully saturated rings. The van der Waals surface area contributed by atoms with E-state index < -0.39 is 11.6 Å². The molecule has 0 spiro atoms. The Morgan fingerprint density at radius 1 is 0.935 bits per heavy atom. The van der Waals surface area contributed by atoms with Gasteiger partial charge >= 0.3 is 0 Å². The molecule has 7 heteroatoms. The molecule has 0 unspecified atom stereocenters.